The quantitative estimate of drug-likeness (QED) is 0.198. The summed E-state index contributed by atoms with van der Waals surface area (Å²) in [6.07, 6.45) is -3.43. The predicted octanol–water partition coefficient (Wildman–Crippen LogP) is 5.82. The summed E-state index contributed by atoms with van der Waals surface area (Å²) in [4.78, 5) is 63.0. The second kappa shape index (κ2) is 13.0. The Morgan fingerprint density at radius 3 is 2.19 bits per heavy atom. The number of carbonyl (C=O) groups excluding carboxylic acids is 2. The van der Waals surface area contributed by atoms with Gasteiger partial charge in [-0.05, 0) is 49.4 Å². The molecule has 0 unspecified atom stereocenters. The maximum Gasteiger partial charge on any atom is 0.511 e. The standard InChI is InChI=1S/C28H25NO12S/c1-2-38-25(31)23-11-10-16(42-23)14-29(19-9-5-7-15-6-3-4-8-17(15)19)24(30)18-12-21(40-27(34)35)22(41-28(36)37)13-20(18)39-26(32)33/h3-4,6,8,10-13,19H,2,5,7,9,14H2,1H3,(H,32,33)(H,34,35)(H,36,37)/t19-/m0/s1. The van der Waals surface area contributed by atoms with Crippen molar-refractivity contribution in [1.29, 1.82) is 0 Å². The van der Waals surface area contributed by atoms with Crippen LogP contribution in [0.3, 0.4) is 0 Å². The number of hydrogen-bond acceptors (Lipinski definition) is 10. The van der Waals surface area contributed by atoms with Crippen LogP contribution in [0.2, 0.25) is 0 Å². The summed E-state index contributed by atoms with van der Waals surface area (Å²) in [5.41, 5.74) is 1.47. The highest BCUT2D eigenvalue weighted by molar-refractivity contribution is 7.13. The van der Waals surface area contributed by atoms with Crippen LogP contribution < -0.4 is 14.2 Å². The Kier molecular flexibility index (Phi) is 9.27. The molecule has 1 heterocycles. The van der Waals surface area contributed by atoms with E-state index >= 15 is 0 Å². The van der Waals surface area contributed by atoms with Crippen LogP contribution in [0.5, 0.6) is 17.2 Å². The lowest BCUT2D eigenvalue weighted by molar-refractivity contribution is 0.0531. The average Bonchev–Trinajstić information content (AvgIpc) is 3.41. The molecular weight excluding hydrogens is 574 g/mol. The monoisotopic (exact) mass is 599 g/mol. The molecule has 1 aliphatic rings. The molecule has 0 saturated heterocycles. The maximum atomic E-state index is 14.3. The zero-order valence-electron chi connectivity index (χ0n) is 22.1. The molecule has 1 aliphatic carbocycles. The lowest BCUT2D eigenvalue weighted by Crippen LogP contribution is -2.36. The fourth-order valence-electron chi connectivity index (χ4n) is 4.71. The van der Waals surface area contributed by atoms with Gasteiger partial charge in [0.15, 0.2) is 17.2 Å². The van der Waals surface area contributed by atoms with E-state index in [9.17, 15) is 34.2 Å². The van der Waals surface area contributed by atoms with Gasteiger partial charge in [-0.15, -0.1) is 11.3 Å². The summed E-state index contributed by atoms with van der Waals surface area (Å²) >= 11 is 1.12. The number of nitrogens with zero attached hydrogens (tertiary/aromatic N) is 1. The molecule has 0 radical (unpaired) electrons. The number of amides is 1. The first kappa shape index (κ1) is 29.9. The fraction of sp³-hybridized carbons (Fsp3) is 0.250. The summed E-state index contributed by atoms with van der Waals surface area (Å²) in [6, 6.07) is 11.9. The third-order valence-electron chi connectivity index (χ3n) is 6.31. The van der Waals surface area contributed by atoms with Gasteiger partial charge in [-0.3, -0.25) is 4.79 Å². The molecule has 3 N–H and O–H groups in total. The van der Waals surface area contributed by atoms with Crippen molar-refractivity contribution in [2.24, 2.45) is 0 Å². The van der Waals surface area contributed by atoms with E-state index in [1.165, 1.54) is 4.90 Å². The minimum absolute atomic E-state index is 0.0169. The first-order valence-corrected chi connectivity index (χ1v) is 13.4. The van der Waals surface area contributed by atoms with Gasteiger partial charge < -0.3 is 39.2 Å². The van der Waals surface area contributed by atoms with Crippen LogP contribution in [0, 0.1) is 0 Å². The van der Waals surface area contributed by atoms with Gasteiger partial charge in [0.1, 0.15) is 4.88 Å². The third kappa shape index (κ3) is 6.96. The van der Waals surface area contributed by atoms with Gasteiger partial charge in [0, 0.05) is 17.0 Å². The SMILES string of the molecule is CCOC(=O)c1ccc(CN(C(=O)c2cc(OC(=O)O)c(OC(=O)O)cc2OC(=O)O)[C@H]2CCCc3ccccc32)s1. The molecule has 220 valence electrons. The summed E-state index contributed by atoms with van der Waals surface area (Å²) < 4.78 is 19.1. The number of ether oxygens (including phenoxy) is 4. The van der Waals surface area contributed by atoms with Crippen molar-refractivity contribution in [3.05, 3.63) is 75.0 Å². The molecule has 0 fully saturated rings. The van der Waals surface area contributed by atoms with Crippen molar-refractivity contribution >= 4 is 41.7 Å². The van der Waals surface area contributed by atoms with E-state index < -0.39 is 59.2 Å². The normalized spacial score (nSPS) is 13.8. The molecule has 0 saturated carbocycles. The van der Waals surface area contributed by atoms with E-state index in [-0.39, 0.29) is 13.2 Å². The Bertz CT molecular complexity index is 1530. The molecule has 3 aromatic rings. The first-order chi connectivity index (χ1) is 20.1. The Hall–Kier alpha value is -5.11. The van der Waals surface area contributed by atoms with Gasteiger partial charge in [-0.25, -0.2) is 19.2 Å². The van der Waals surface area contributed by atoms with Crippen molar-refractivity contribution in [3.8, 4) is 17.2 Å². The zero-order valence-corrected chi connectivity index (χ0v) is 22.9. The van der Waals surface area contributed by atoms with Crippen LogP contribution >= 0.6 is 11.3 Å². The number of thiophene rings is 1. The van der Waals surface area contributed by atoms with Gasteiger partial charge in [-0.2, -0.15) is 0 Å². The number of carboxylic acid groups (broad SMARTS) is 3. The highest BCUT2D eigenvalue weighted by Crippen LogP contribution is 2.41. The van der Waals surface area contributed by atoms with E-state index in [1.807, 2.05) is 24.3 Å². The molecule has 1 aromatic heterocycles. The lowest BCUT2D eigenvalue weighted by Gasteiger charge is -2.36. The Morgan fingerprint density at radius 2 is 1.52 bits per heavy atom. The lowest BCUT2D eigenvalue weighted by atomic mass is 9.86. The van der Waals surface area contributed by atoms with Crippen LogP contribution in [-0.2, 0) is 17.7 Å². The molecule has 0 bridgehead atoms. The van der Waals surface area contributed by atoms with Crippen LogP contribution in [0.25, 0.3) is 0 Å². The molecule has 13 nitrogen and oxygen atoms in total. The maximum absolute atomic E-state index is 14.3. The molecule has 0 aliphatic heterocycles. The largest absolute Gasteiger partial charge is 0.511 e. The van der Waals surface area contributed by atoms with Crippen LogP contribution in [-0.4, -0.2) is 57.2 Å². The van der Waals surface area contributed by atoms with Gasteiger partial charge in [-0.1, -0.05) is 24.3 Å². The molecule has 1 atom stereocenters. The molecule has 4 rings (SSSR count). The van der Waals surface area contributed by atoms with Gasteiger partial charge in [0.05, 0.1) is 24.8 Å². The highest BCUT2D eigenvalue weighted by Gasteiger charge is 2.33. The van der Waals surface area contributed by atoms with Crippen molar-refractivity contribution < 1.29 is 58.2 Å². The Labute approximate surface area is 242 Å². The van der Waals surface area contributed by atoms with Gasteiger partial charge in [0.25, 0.3) is 5.91 Å². The van der Waals surface area contributed by atoms with Gasteiger partial charge in [0.2, 0.25) is 0 Å². The number of benzene rings is 2. The summed E-state index contributed by atoms with van der Waals surface area (Å²) in [5, 5.41) is 27.6. The second-order valence-corrected chi connectivity index (χ2v) is 10.1. The van der Waals surface area contributed by atoms with Crippen LogP contribution in [0.15, 0.2) is 48.5 Å². The van der Waals surface area contributed by atoms with E-state index in [0.717, 1.165) is 47.4 Å². The first-order valence-electron chi connectivity index (χ1n) is 12.6. The minimum atomic E-state index is -1.85. The number of aryl methyl sites for hydroxylation is 1. The van der Waals surface area contributed by atoms with Gasteiger partial charge >= 0.3 is 24.4 Å². The van der Waals surface area contributed by atoms with Crippen LogP contribution in [0.4, 0.5) is 14.4 Å². The zero-order chi connectivity index (χ0) is 30.4. The smallest absolute Gasteiger partial charge is 0.462 e. The highest BCUT2D eigenvalue weighted by atomic mass is 32.1. The fourth-order valence-corrected chi connectivity index (χ4v) is 5.61. The number of esters is 1. The van der Waals surface area contributed by atoms with E-state index in [4.69, 9.17) is 14.6 Å². The van der Waals surface area contributed by atoms with E-state index in [0.29, 0.717) is 16.2 Å². The van der Waals surface area contributed by atoms with E-state index in [1.54, 1.807) is 19.1 Å². The number of hydrogen-bond donors (Lipinski definition) is 3. The second-order valence-electron chi connectivity index (χ2n) is 8.93. The topological polar surface area (TPSA) is 186 Å². The molecule has 0 spiro atoms. The number of carbonyl (C=O) groups is 5. The summed E-state index contributed by atoms with van der Waals surface area (Å²) in [5.74, 6) is -3.26. The summed E-state index contributed by atoms with van der Waals surface area (Å²) in [7, 11) is 0. The number of fused-ring (bicyclic) bond motifs is 1. The predicted molar refractivity (Wildman–Crippen MR) is 145 cm³/mol. The Balaban J connectivity index is 1.84. The number of rotatable bonds is 9. The van der Waals surface area contributed by atoms with Crippen LogP contribution in [0.1, 0.15) is 61.8 Å². The Morgan fingerprint density at radius 1 is 0.881 bits per heavy atom. The molecule has 1 amide bonds. The molecule has 14 heteroatoms. The van der Waals surface area contributed by atoms with Crippen molar-refractivity contribution in [3.63, 3.8) is 0 Å². The van der Waals surface area contributed by atoms with Crippen molar-refractivity contribution in [2.75, 3.05) is 6.61 Å². The molecular formula is C28H25NO12S. The summed E-state index contributed by atoms with van der Waals surface area (Å²) in [6.45, 7) is 1.85. The molecule has 42 heavy (non-hydrogen) atoms. The van der Waals surface area contributed by atoms with E-state index in [2.05, 4.69) is 9.47 Å². The van der Waals surface area contributed by atoms with Crippen molar-refractivity contribution in [1.82, 2.24) is 4.90 Å². The molecule has 2 aromatic carbocycles. The average molecular weight is 600 g/mol. The van der Waals surface area contributed by atoms with Crippen molar-refractivity contribution in [2.45, 2.75) is 38.8 Å². The third-order valence-corrected chi connectivity index (χ3v) is 7.36. The minimum Gasteiger partial charge on any atom is -0.462 e.